The second kappa shape index (κ2) is 34.5. The zero-order valence-corrected chi connectivity index (χ0v) is 70.9. The molecule has 4 saturated heterocycles. The molecule has 658 valence electrons. The molecule has 0 aromatic heterocycles. The normalized spacial score (nSPS) is 29.2. The second-order valence-corrected chi connectivity index (χ2v) is 35.6. The van der Waals surface area contributed by atoms with Gasteiger partial charge >= 0.3 is 53.7 Å². The van der Waals surface area contributed by atoms with Gasteiger partial charge in [-0.15, -0.1) is 28.3 Å². The van der Waals surface area contributed by atoms with Crippen LogP contribution in [-0.4, -0.2) is 256 Å². The van der Waals surface area contributed by atoms with E-state index >= 15 is 0 Å². The maximum Gasteiger partial charge on any atom is 0.348 e. The summed E-state index contributed by atoms with van der Waals surface area (Å²) >= 11 is 9.53. The number of hydrogen-bond acceptors (Lipinski definition) is 32. The molecule has 0 radical (unpaired) electrons. The standard InChI is InChI=1S/C28H35NO9.C24H27NO9.C18H21NO4.C14H19NO8.CH2Cl2/c1-15(31)35-19(25(33)38-26(2,3)4)13-21(32)36-18-8-9-28(34)20-12-16-6-7-17(14-30)23-22(16)27(28,24(18)37-23)10-11-29(20)5;1-12(27)32-16(22(29)30)10-18(28)33-15-5-6-24(31)17-9-13-3-4-14(11-26)20-19(13)23(24,21(15)34-20)7-8-25(17)2;1-19-7-6-17-14-10-2-3-11(9-20)15(14)23-16(17)12(21)4-5-18(17,22)13(19)8-10;1-8(16)21-9(13(20)22-14(2,3)4)7-12(19)23-15-10(17)5-6-11(15)18;2-1-3/h6-8,19-20,24,30,34H,9-14H2,1-5H3;3-5,16-17,21,26,31H,6-11H2,1-2H3,(H,29,30);2-3,13,16,20,22H,4-9H2,1H3;9H,5-7H2,1-4H3;1H2/t19-,20+,24-,27-,28+;16-,17+,21-,23-,24+;13-,16+,17+,18-;9-;/m0010./s1. The Kier molecular flexibility index (Phi) is 25.9. The number of carbonyl (C=O) groups is 12. The number of ketones is 1. The highest BCUT2D eigenvalue weighted by Crippen LogP contribution is 2.68. The number of aliphatic hydroxyl groups excluding tert-OH is 3. The number of likely N-dealkylation sites (tertiary alicyclic amines) is 3. The summed E-state index contributed by atoms with van der Waals surface area (Å²) in [4.78, 5) is 154. The number of halogens is 2. The van der Waals surface area contributed by atoms with Crippen LogP contribution in [0, 0.1) is 0 Å². The van der Waals surface area contributed by atoms with Crippen molar-refractivity contribution in [2.75, 3.05) is 46.1 Å². The number of amides is 2. The summed E-state index contributed by atoms with van der Waals surface area (Å²) in [6.07, 6.45) is -0.314. The zero-order valence-electron chi connectivity index (χ0n) is 69.4. The van der Waals surface area contributed by atoms with Gasteiger partial charge in [-0.1, -0.05) is 36.4 Å². The van der Waals surface area contributed by atoms with Crippen LogP contribution < -0.4 is 14.2 Å². The number of hydrogen-bond donors (Lipinski definition) is 7. The van der Waals surface area contributed by atoms with Crippen molar-refractivity contribution in [3.63, 3.8) is 0 Å². The molecule has 3 aromatic carbocycles. The van der Waals surface area contributed by atoms with Crippen molar-refractivity contribution in [2.24, 2.45) is 0 Å². The lowest BCUT2D eigenvalue weighted by atomic mass is 9.49. The summed E-state index contributed by atoms with van der Waals surface area (Å²) in [6, 6.07) is 11.2. The Morgan fingerprint density at radius 1 is 0.488 bits per heavy atom. The SMILES string of the molecule is CC(=O)O[C@@H](CC(=O)OC1=CC[C@@]2(O)[C@H]3Cc4ccc(CO)c5c4[C@@]2(CCN3C)[C@H]1O5)C(=O)O.CC(=O)O[C@@H](CC(=O)OC1=CC[C@@]2(O)[C@H]3Cc4ccc(CO)c5c4[C@@]2(CCN3C)[C@H]1O5)C(=O)OC(C)(C)C.CC(=O)O[C@@H](CC(=O)ON1C(=O)CCC1=O)C(=O)OC(C)(C)C.CN1CC[C@]23c4c5ccc(CO)c4O[C@H]2C(=O)CC[C@@]3(O)[C@H]1C5.ClCCl. The number of likely N-dealkylation sites (N-methyl/N-ethyl adjacent to an activating group) is 3. The fourth-order valence-electron chi connectivity index (χ4n) is 20.5. The van der Waals surface area contributed by atoms with Gasteiger partial charge in [-0.2, -0.15) is 0 Å². The van der Waals surface area contributed by atoms with Gasteiger partial charge in [0, 0.05) is 104 Å². The third kappa shape index (κ3) is 16.3. The lowest BCUT2D eigenvalue weighted by molar-refractivity contribution is -0.201. The van der Waals surface area contributed by atoms with Crippen LogP contribution >= 0.6 is 23.2 Å². The first-order valence-corrected chi connectivity index (χ1v) is 41.2. The zero-order chi connectivity index (χ0) is 88.5. The van der Waals surface area contributed by atoms with Crippen LogP contribution in [0.5, 0.6) is 17.2 Å². The van der Waals surface area contributed by atoms with Crippen molar-refractivity contribution >= 4 is 94.5 Å². The molecule has 3 spiro atoms. The first-order valence-electron chi connectivity index (χ1n) is 40.2. The molecule has 3 aromatic rings. The molecule has 6 bridgehead atoms. The Balaban J connectivity index is 0.000000149. The molecular formula is C85H104Cl2N4O30. The molecule has 7 heterocycles. The van der Waals surface area contributed by atoms with Crippen molar-refractivity contribution in [2.45, 2.75) is 277 Å². The van der Waals surface area contributed by atoms with Gasteiger partial charge in [-0.3, -0.25) is 38.4 Å². The highest BCUT2D eigenvalue weighted by atomic mass is 35.5. The number of esters is 7. The quantitative estimate of drug-likeness (QED) is 0.0404. The van der Waals surface area contributed by atoms with Crippen LogP contribution in [-0.2, 0) is 151 Å². The van der Waals surface area contributed by atoms with E-state index in [0.717, 1.165) is 79.1 Å². The van der Waals surface area contributed by atoms with Gasteiger partial charge in [0.2, 0.25) is 18.3 Å². The van der Waals surface area contributed by atoms with E-state index in [1.165, 1.54) is 0 Å². The van der Waals surface area contributed by atoms with Crippen LogP contribution in [0.2, 0.25) is 0 Å². The molecule has 7 aliphatic heterocycles. The molecule has 5 fully saturated rings. The molecule has 15 atom stereocenters. The number of Topliss-reactive ketones (excluding diaryl/α,β-unsaturated/α-hetero) is 1. The van der Waals surface area contributed by atoms with Crippen LogP contribution in [0.15, 0.2) is 60.1 Å². The van der Waals surface area contributed by atoms with E-state index in [9.17, 15) is 93.3 Å². The molecule has 6 aliphatic carbocycles. The van der Waals surface area contributed by atoms with Gasteiger partial charge in [0.05, 0.1) is 77.5 Å². The average Bonchev–Trinajstić information content (AvgIpc) is 1.55. The fraction of sp³-hybridized carbons (Fsp3) is 0.600. The number of carboxylic acid groups (broad SMARTS) is 1. The number of nitrogens with zero attached hydrogens (tertiary/aromatic N) is 4. The highest BCUT2D eigenvalue weighted by Gasteiger charge is 2.75. The molecule has 36 heteroatoms. The number of hydroxylamine groups is 2. The van der Waals surface area contributed by atoms with E-state index in [4.69, 9.17) is 70.6 Å². The number of ether oxygens (including phenoxy) is 10. The maximum atomic E-state index is 13.1. The minimum absolute atomic E-state index is 0.0221. The van der Waals surface area contributed by atoms with Crippen molar-refractivity contribution in [1.29, 1.82) is 0 Å². The Hall–Kier alpha value is -9.20. The third-order valence-electron chi connectivity index (χ3n) is 25.3. The topological polar surface area (TPSA) is 461 Å². The molecule has 34 nitrogen and oxygen atoms in total. The predicted octanol–water partition coefficient (Wildman–Crippen LogP) is 4.28. The largest absolute Gasteiger partial charge is 0.481 e. The number of benzene rings is 3. The summed E-state index contributed by atoms with van der Waals surface area (Å²) in [5.74, 6) is -7.38. The Labute approximate surface area is 707 Å². The van der Waals surface area contributed by atoms with Gasteiger partial charge in [0.1, 0.15) is 40.0 Å². The molecule has 7 N–H and O–H groups in total. The molecule has 16 rings (SSSR count). The minimum atomic E-state index is -1.67. The Morgan fingerprint density at radius 2 is 0.818 bits per heavy atom. The Bertz CT molecular complexity index is 4750. The average molecular weight is 1730 g/mol. The van der Waals surface area contributed by atoms with E-state index < -0.39 is 166 Å². The summed E-state index contributed by atoms with van der Waals surface area (Å²) < 4.78 is 55.2. The third-order valence-corrected chi connectivity index (χ3v) is 25.3. The first-order chi connectivity index (χ1) is 56.9. The van der Waals surface area contributed by atoms with E-state index in [1.807, 2.05) is 50.5 Å². The molecule has 1 saturated carbocycles. The molecular weight excluding hydrogens is 1630 g/mol. The van der Waals surface area contributed by atoms with Crippen LogP contribution in [0.1, 0.15) is 189 Å². The number of rotatable bonds is 18. The summed E-state index contributed by atoms with van der Waals surface area (Å²) in [5, 5.41) is 75.5. The van der Waals surface area contributed by atoms with Gasteiger partial charge in [0.15, 0.2) is 24.1 Å². The van der Waals surface area contributed by atoms with Crippen molar-refractivity contribution in [3.05, 3.63) is 110 Å². The van der Waals surface area contributed by atoms with Crippen molar-refractivity contribution in [3.8, 4) is 17.2 Å². The van der Waals surface area contributed by atoms with E-state index in [2.05, 4.69) is 26.6 Å². The number of aliphatic hydroxyl groups is 6. The number of aliphatic carboxylic acids is 1. The molecule has 2 amide bonds. The summed E-state index contributed by atoms with van der Waals surface area (Å²) in [6.45, 7) is 14.8. The number of carbonyl (C=O) groups excluding carboxylic acids is 11. The highest BCUT2D eigenvalue weighted by molar-refractivity contribution is 6.40. The lowest BCUT2D eigenvalue weighted by Gasteiger charge is -2.62. The van der Waals surface area contributed by atoms with Gasteiger partial charge < -0.3 is 103 Å². The van der Waals surface area contributed by atoms with Crippen LogP contribution in [0.4, 0.5) is 0 Å². The molecule has 0 unspecified atom stereocenters. The van der Waals surface area contributed by atoms with Gasteiger partial charge in [-0.25, -0.2) is 19.2 Å². The van der Waals surface area contributed by atoms with Crippen molar-refractivity contribution in [1.82, 2.24) is 19.8 Å². The lowest BCUT2D eigenvalue weighted by Crippen LogP contribution is -2.76. The number of alkyl halides is 2. The Morgan fingerprint density at radius 3 is 1.17 bits per heavy atom. The van der Waals surface area contributed by atoms with Crippen molar-refractivity contribution < 1.29 is 145 Å². The summed E-state index contributed by atoms with van der Waals surface area (Å²) in [7, 11) is 6.04. The molecule has 121 heavy (non-hydrogen) atoms. The minimum Gasteiger partial charge on any atom is -0.481 e. The fourth-order valence-corrected chi connectivity index (χ4v) is 20.5. The van der Waals surface area contributed by atoms with Crippen LogP contribution in [0.25, 0.3) is 0 Å². The monoisotopic (exact) mass is 1730 g/mol. The predicted molar refractivity (Wildman–Crippen MR) is 420 cm³/mol. The van der Waals surface area contributed by atoms with E-state index in [-0.39, 0.29) is 86.3 Å². The number of carboxylic acids is 1. The van der Waals surface area contributed by atoms with E-state index in [0.29, 0.717) is 85.1 Å². The van der Waals surface area contributed by atoms with Crippen LogP contribution in [0.3, 0.4) is 0 Å². The van der Waals surface area contributed by atoms with Gasteiger partial charge in [0.25, 0.3) is 11.8 Å². The second-order valence-electron chi connectivity index (χ2n) is 34.8. The summed E-state index contributed by atoms with van der Waals surface area (Å²) in [5.41, 5.74) is 0.611. The number of piperidine rings is 3. The smallest absolute Gasteiger partial charge is 0.348 e. The maximum absolute atomic E-state index is 13.1. The first kappa shape index (κ1) is 91.0. The van der Waals surface area contributed by atoms with Gasteiger partial charge in [-0.05, 0) is 156 Å². The number of imide groups is 1. The molecule has 13 aliphatic rings. The van der Waals surface area contributed by atoms with E-state index in [1.54, 1.807) is 53.7 Å².